The van der Waals surface area contributed by atoms with Crippen molar-refractivity contribution in [2.24, 2.45) is 0 Å². The number of carbonyl (C=O) groups is 1. The summed E-state index contributed by atoms with van der Waals surface area (Å²) in [5, 5.41) is 0. The summed E-state index contributed by atoms with van der Waals surface area (Å²) in [5.74, 6) is 0. The molecule has 1 fully saturated rings. The van der Waals surface area contributed by atoms with Crippen LogP contribution in [0.25, 0.3) is 0 Å². The summed E-state index contributed by atoms with van der Waals surface area (Å²) < 4.78 is 20.4. The van der Waals surface area contributed by atoms with Crippen molar-refractivity contribution in [3.63, 3.8) is 0 Å². The van der Waals surface area contributed by atoms with Crippen molar-refractivity contribution in [1.82, 2.24) is 0 Å². The third-order valence-corrected chi connectivity index (χ3v) is 0.932. The number of carbonyl (C=O) groups excluding carboxylic acids is 1. The van der Waals surface area contributed by atoms with Crippen LogP contribution in [-0.2, 0) is 9.47 Å². The monoisotopic (exact) mass is 132 g/mol. The number of alkyl halides is 1. The predicted molar refractivity (Wildman–Crippen MR) is 26.4 cm³/mol. The van der Waals surface area contributed by atoms with Crippen molar-refractivity contribution in [2.75, 3.05) is 0 Å². The summed E-state index contributed by atoms with van der Waals surface area (Å²) in [6.45, 7) is 3.23. The second kappa shape index (κ2) is 2.05. The van der Waals surface area contributed by atoms with Crippen molar-refractivity contribution in [2.45, 2.75) is 12.5 Å². The van der Waals surface area contributed by atoms with Crippen molar-refractivity contribution >= 4 is 6.16 Å². The van der Waals surface area contributed by atoms with Crippen LogP contribution in [0.2, 0.25) is 0 Å². The minimum absolute atomic E-state index is 0.933. The fourth-order valence-electron chi connectivity index (χ4n) is 0.506. The maximum Gasteiger partial charge on any atom is 0.511 e. The van der Waals surface area contributed by atoms with E-state index in [0.717, 1.165) is 0 Å². The number of hydrogen-bond acceptors (Lipinski definition) is 3. The highest BCUT2D eigenvalue weighted by atomic mass is 19.1. The van der Waals surface area contributed by atoms with E-state index in [-0.39, 0.29) is 0 Å². The molecule has 0 N–H and O–H groups in total. The number of halogens is 1. The lowest BCUT2D eigenvalue weighted by molar-refractivity contribution is 0.0448. The Labute approximate surface area is 51.1 Å². The zero-order valence-corrected chi connectivity index (χ0v) is 4.54. The Morgan fingerprint density at radius 3 is 2.56 bits per heavy atom. The smallest absolute Gasteiger partial charge is 0.420 e. The molecule has 1 aliphatic rings. The summed E-state index contributed by atoms with van der Waals surface area (Å²) in [6.07, 6.45) is -2.42. The Bertz CT molecular complexity index is 145. The SMILES string of the molecule is C=CC1OC(=O)OC1F. The average Bonchev–Trinajstić information content (AvgIpc) is 2.10. The Morgan fingerprint density at radius 2 is 2.33 bits per heavy atom. The Kier molecular flexibility index (Phi) is 1.38. The van der Waals surface area contributed by atoms with E-state index in [4.69, 9.17) is 0 Å². The van der Waals surface area contributed by atoms with E-state index in [1.165, 1.54) is 6.08 Å². The van der Waals surface area contributed by atoms with Gasteiger partial charge in [0.15, 0.2) is 6.10 Å². The molecule has 9 heavy (non-hydrogen) atoms. The summed E-state index contributed by atoms with van der Waals surface area (Å²) >= 11 is 0. The van der Waals surface area contributed by atoms with Crippen LogP contribution in [0.5, 0.6) is 0 Å². The third kappa shape index (κ3) is 1.01. The zero-order valence-electron chi connectivity index (χ0n) is 4.54. The molecule has 3 nitrogen and oxygen atoms in total. The van der Waals surface area contributed by atoms with Gasteiger partial charge in [0.2, 0.25) is 0 Å². The van der Waals surface area contributed by atoms with Gasteiger partial charge >= 0.3 is 6.16 Å². The first-order chi connectivity index (χ1) is 4.24. The van der Waals surface area contributed by atoms with E-state index >= 15 is 0 Å². The second-order valence-corrected chi connectivity index (χ2v) is 1.54. The van der Waals surface area contributed by atoms with E-state index in [0.29, 0.717) is 0 Å². The number of cyclic esters (lactones) is 2. The van der Waals surface area contributed by atoms with Gasteiger partial charge in [-0.3, -0.25) is 0 Å². The molecule has 0 amide bonds. The van der Waals surface area contributed by atoms with Gasteiger partial charge in [-0.25, -0.2) is 4.79 Å². The van der Waals surface area contributed by atoms with Gasteiger partial charge in [-0.2, -0.15) is 4.39 Å². The highest BCUT2D eigenvalue weighted by molar-refractivity contribution is 5.62. The summed E-state index contributed by atoms with van der Waals surface area (Å²) in [4.78, 5) is 10.1. The largest absolute Gasteiger partial charge is 0.511 e. The molecule has 1 saturated heterocycles. The third-order valence-electron chi connectivity index (χ3n) is 0.932. The van der Waals surface area contributed by atoms with E-state index in [1.807, 2.05) is 0 Å². The lowest BCUT2D eigenvalue weighted by atomic mass is 10.4. The molecular weight excluding hydrogens is 127 g/mol. The molecule has 0 radical (unpaired) electrons. The maximum atomic E-state index is 12.2. The van der Waals surface area contributed by atoms with E-state index < -0.39 is 18.6 Å². The Balaban J connectivity index is 2.57. The van der Waals surface area contributed by atoms with Gasteiger partial charge in [0.1, 0.15) is 0 Å². The predicted octanol–water partition coefficient (Wildman–Crippen LogP) is 1.00. The van der Waals surface area contributed by atoms with Crippen LogP contribution >= 0.6 is 0 Å². The molecule has 0 aromatic carbocycles. The van der Waals surface area contributed by atoms with Crippen LogP contribution < -0.4 is 0 Å². The molecule has 1 rings (SSSR count). The van der Waals surface area contributed by atoms with Crippen LogP contribution in [0, 0.1) is 0 Å². The first-order valence-electron chi connectivity index (χ1n) is 2.38. The molecule has 0 aromatic heterocycles. The molecule has 2 atom stereocenters. The molecular formula is C5H5FO3. The molecule has 0 bridgehead atoms. The van der Waals surface area contributed by atoms with Crippen LogP contribution in [0.1, 0.15) is 0 Å². The minimum Gasteiger partial charge on any atom is -0.420 e. The van der Waals surface area contributed by atoms with E-state index in [9.17, 15) is 9.18 Å². The quantitative estimate of drug-likeness (QED) is 0.394. The fraction of sp³-hybridized carbons (Fsp3) is 0.400. The van der Waals surface area contributed by atoms with Gasteiger partial charge < -0.3 is 9.47 Å². The van der Waals surface area contributed by atoms with Crippen LogP contribution in [0.4, 0.5) is 9.18 Å². The molecule has 0 saturated carbocycles. The van der Waals surface area contributed by atoms with Gasteiger partial charge in [0.25, 0.3) is 6.36 Å². The molecule has 1 aliphatic heterocycles. The van der Waals surface area contributed by atoms with Crippen molar-refractivity contribution in [3.8, 4) is 0 Å². The van der Waals surface area contributed by atoms with E-state index in [1.54, 1.807) is 0 Å². The van der Waals surface area contributed by atoms with Crippen molar-refractivity contribution < 1.29 is 18.7 Å². The highest BCUT2D eigenvalue weighted by Crippen LogP contribution is 2.16. The van der Waals surface area contributed by atoms with Gasteiger partial charge in [0, 0.05) is 0 Å². The fourth-order valence-corrected chi connectivity index (χ4v) is 0.506. The van der Waals surface area contributed by atoms with Gasteiger partial charge in [0.05, 0.1) is 0 Å². The number of rotatable bonds is 1. The molecule has 1 heterocycles. The molecule has 0 aliphatic carbocycles. The Hall–Kier alpha value is -1.06. The molecule has 0 aromatic rings. The lowest BCUT2D eigenvalue weighted by Gasteiger charge is -1.98. The molecule has 4 heteroatoms. The topological polar surface area (TPSA) is 35.5 Å². The molecule has 2 unspecified atom stereocenters. The second-order valence-electron chi connectivity index (χ2n) is 1.54. The normalized spacial score (nSPS) is 33.2. The van der Waals surface area contributed by atoms with Gasteiger partial charge in [-0.15, -0.1) is 0 Å². The zero-order chi connectivity index (χ0) is 6.85. The summed E-state index contributed by atoms with van der Waals surface area (Å²) in [7, 11) is 0. The minimum atomic E-state index is -1.69. The van der Waals surface area contributed by atoms with Gasteiger partial charge in [-0.1, -0.05) is 6.58 Å². The number of hydrogen-bond donors (Lipinski definition) is 0. The first kappa shape index (κ1) is 6.07. The summed E-state index contributed by atoms with van der Waals surface area (Å²) in [5.41, 5.74) is 0. The lowest BCUT2D eigenvalue weighted by Crippen LogP contribution is -2.13. The number of ether oxygens (including phenoxy) is 2. The first-order valence-corrected chi connectivity index (χ1v) is 2.38. The molecule has 0 spiro atoms. The molecule has 50 valence electrons. The Morgan fingerprint density at radius 1 is 1.67 bits per heavy atom. The average molecular weight is 132 g/mol. The summed E-state index contributed by atoms with van der Waals surface area (Å²) in [6, 6.07) is 0. The van der Waals surface area contributed by atoms with E-state index in [2.05, 4.69) is 16.1 Å². The van der Waals surface area contributed by atoms with Gasteiger partial charge in [-0.05, 0) is 6.08 Å². The maximum absolute atomic E-state index is 12.2. The van der Waals surface area contributed by atoms with Crippen LogP contribution in [0.3, 0.4) is 0 Å². The van der Waals surface area contributed by atoms with Crippen molar-refractivity contribution in [3.05, 3.63) is 12.7 Å². The van der Waals surface area contributed by atoms with Crippen LogP contribution in [-0.4, -0.2) is 18.6 Å². The highest BCUT2D eigenvalue weighted by Gasteiger charge is 2.33. The standard InChI is InChI=1S/C5H5FO3/c1-2-3-4(6)9-5(7)8-3/h2-4H,1H2. The van der Waals surface area contributed by atoms with Crippen LogP contribution in [0.15, 0.2) is 12.7 Å². The van der Waals surface area contributed by atoms with Crippen molar-refractivity contribution in [1.29, 1.82) is 0 Å².